The first-order chi connectivity index (χ1) is 16.1. The van der Waals surface area contributed by atoms with E-state index in [1.807, 2.05) is 61.5 Å². The molecule has 1 atom stereocenters. The first kappa shape index (κ1) is 22.9. The number of carbonyl (C=O) groups is 1. The summed E-state index contributed by atoms with van der Waals surface area (Å²) in [5, 5.41) is 8.68. The van der Waals surface area contributed by atoms with Crippen LogP contribution in [0, 0.1) is 0 Å². The maximum Gasteiger partial charge on any atom is 0.338 e. The minimum atomic E-state index is -0.520. The predicted molar refractivity (Wildman–Crippen MR) is 129 cm³/mol. The Labute approximate surface area is 198 Å². The summed E-state index contributed by atoms with van der Waals surface area (Å²) in [5.41, 5.74) is 2.92. The number of fused-ring (bicyclic) bond motifs is 1. The van der Waals surface area contributed by atoms with Crippen molar-refractivity contribution in [1.82, 2.24) is 14.8 Å². The van der Waals surface area contributed by atoms with Crippen LogP contribution in [0.25, 0.3) is 0 Å². The fourth-order valence-corrected chi connectivity index (χ4v) is 4.66. The Bertz CT molecular complexity index is 1140. The van der Waals surface area contributed by atoms with Crippen molar-refractivity contribution >= 4 is 23.7 Å². The molecule has 0 radical (unpaired) electrons. The van der Waals surface area contributed by atoms with Crippen LogP contribution in [-0.4, -0.2) is 33.6 Å². The van der Waals surface area contributed by atoms with Gasteiger partial charge < -0.3 is 14.8 Å². The highest BCUT2D eigenvalue weighted by Crippen LogP contribution is 2.40. The Morgan fingerprint density at radius 2 is 1.91 bits per heavy atom. The second kappa shape index (κ2) is 10.6. The maximum absolute atomic E-state index is 13.4. The number of carbonyl (C=O) groups excluding carboxylic acids is 1. The molecule has 1 aromatic heterocycles. The number of rotatable bonds is 9. The number of nitrogens with one attached hydrogen (secondary N) is 1. The van der Waals surface area contributed by atoms with Gasteiger partial charge in [0.2, 0.25) is 11.1 Å². The van der Waals surface area contributed by atoms with Crippen molar-refractivity contribution in [2.24, 2.45) is 0 Å². The van der Waals surface area contributed by atoms with Gasteiger partial charge in [0.25, 0.3) is 0 Å². The quantitative estimate of drug-likeness (QED) is 0.264. The molecule has 8 heteroatoms. The van der Waals surface area contributed by atoms with Gasteiger partial charge in [-0.3, -0.25) is 0 Å². The number of allylic oxidation sites excluding steroid dienone is 1. The second-order valence-electron chi connectivity index (χ2n) is 7.73. The standard InChI is InChI=1S/C25H28N4O3S/c1-4-5-15-33-25-27-24-26-17(2)21(23(30)32-16-18-11-7-6-8-12-18)22(29(24)28-25)19-13-9-10-14-20(19)31-3/h6-14,22H,4-5,15-16H2,1-3H3,(H,26,27,28). The topological polar surface area (TPSA) is 78.3 Å². The molecule has 2 aromatic carbocycles. The molecule has 0 fully saturated rings. The molecule has 1 N–H and O–H groups in total. The molecule has 0 aliphatic carbocycles. The van der Waals surface area contributed by atoms with Crippen LogP contribution in [0.4, 0.5) is 5.95 Å². The van der Waals surface area contributed by atoms with Gasteiger partial charge in [0.15, 0.2) is 0 Å². The van der Waals surface area contributed by atoms with Gasteiger partial charge in [-0.05, 0) is 25.0 Å². The van der Waals surface area contributed by atoms with E-state index in [-0.39, 0.29) is 6.61 Å². The lowest BCUT2D eigenvalue weighted by atomic mass is 9.95. The Morgan fingerprint density at radius 3 is 2.67 bits per heavy atom. The number of anilines is 1. The molecule has 172 valence electrons. The molecule has 7 nitrogen and oxygen atoms in total. The summed E-state index contributed by atoms with van der Waals surface area (Å²) in [7, 11) is 1.62. The number of hydrogen-bond donors (Lipinski definition) is 1. The van der Waals surface area contributed by atoms with Gasteiger partial charge in [-0.2, -0.15) is 4.98 Å². The van der Waals surface area contributed by atoms with E-state index in [1.54, 1.807) is 23.6 Å². The summed E-state index contributed by atoms with van der Waals surface area (Å²) in [6.07, 6.45) is 2.20. The summed E-state index contributed by atoms with van der Waals surface area (Å²) in [6.45, 7) is 4.22. The molecule has 3 aromatic rings. The lowest BCUT2D eigenvalue weighted by Crippen LogP contribution is -2.30. The zero-order valence-electron chi connectivity index (χ0n) is 19.1. The van der Waals surface area contributed by atoms with Crippen LogP contribution in [0.1, 0.15) is 43.9 Å². The lowest BCUT2D eigenvalue weighted by Gasteiger charge is -2.29. The highest BCUT2D eigenvalue weighted by atomic mass is 32.2. The smallest absolute Gasteiger partial charge is 0.338 e. The van der Waals surface area contributed by atoms with Gasteiger partial charge in [0, 0.05) is 17.0 Å². The Kier molecular flexibility index (Phi) is 7.34. The molecular formula is C25H28N4O3S. The third-order valence-electron chi connectivity index (χ3n) is 5.43. The van der Waals surface area contributed by atoms with Crippen molar-refractivity contribution in [2.45, 2.75) is 44.5 Å². The Balaban J connectivity index is 1.70. The molecule has 0 amide bonds. The first-order valence-corrected chi connectivity index (χ1v) is 12.0. The molecule has 1 aliphatic heterocycles. The number of hydrogen-bond acceptors (Lipinski definition) is 7. The summed E-state index contributed by atoms with van der Waals surface area (Å²) in [6, 6.07) is 16.8. The van der Waals surface area contributed by atoms with Gasteiger partial charge in [-0.1, -0.05) is 73.6 Å². The average Bonchev–Trinajstić information content (AvgIpc) is 3.24. The molecule has 2 heterocycles. The van der Waals surface area contributed by atoms with E-state index in [9.17, 15) is 4.79 Å². The number of unbranched alkanes of at least 4 members (excludes halogenated alkanes) is 1. The molecule has 0 spiro atoms. The van der Waals surface area contributed by atoms with Gasteiger partial charge in [0.05, 0.1) is 12.7 Å². The number of ether oxygens (including phenoxy) is 2. The highest BCUT2D eigenvalue weighted by Gasteiger charge is 2.36. The molecule has 4 rings (SSSR count). The molecular weight excluding hydrogens is 436 g/mol. The number of thioether (sulfide) groups is 1. The van der Waals surface area contributed by atoms with Crippen LogP contribution in [-0.2, 0) is 16.1 Å². The fraction of sp³-hybridized carbons (Fsp3) is 0.320. The van der Waals surface area contributed by atoms with E-state index in [0.29, 0.717) is 28.1 Å². The number of aromatic nitrogens is 3. The van der Waals surface area contributed by atoms with Crippen molar-refractivity contribution in [3.8, 4) is 5.75 Å². The van der Waals surface area contributed by atoms with E-state index in [1.165, 1.54) is 0 Å². The first-order valence-electron chi connectivity index (χ1n) is 11.0. The van der Waals surface area contributed by atoms with Crippen LogP contribution < -0.4 is 10.1 Å². The molecule has 0 saturated heterocycles. The van der Waals surface area contributed by atoms with Crippen molar-refractivity contribution in [3.05, 3.63) is 77.0 Å². The normalized spacial score (nSPS) is 15.1. The zero-order chi connectivity index (χ0) is 23.2. The molecule has 1 unspecified atom stereocenters. The lowest BCUT2D eigenvalue weighted by molar-refractivity contribution is -0.140. The minimum Gasteiger partial charge on any atom is -0.496 e. The van der Waals surface area contributed by atoms with Crippen LogP contribution in [0.5, 0.6) is 5.75 Å². The van der Waals surface area contributed by atoms with Gasteiger partial charge in [-0.15, -0.1) is 5.10 Å². The van der Waals surface area contributed by atoms with Crippen molar-refractivity contribution in [3.63, 3.8) is 0 Å². The molecule has 33 heavy (non-hydrogen) atoms. The summed E-state index contributed by atoms with van der Waals surface area (Å²) in [5.74, 6) is 1.81. The van der Waals surface area contributed by atoms with E-state index in [2.05, 4.69) is 17.2 Å². The summed E-state index contributed by atoms with van der Waals surface area (Å²) < 4.78 is 13.1. The Hall–Kier alpha value is -3.26. The fourth-order valence-electron chi connectivity index (χ4n) is 3.75. The van der Waals surface area contributed by atoms with Crippen molar-refractivity contribution in [1.29, 1.82) is 0 Å². The molecule has 1 aliphatic rings. The second-order valence-corrected chi connectivity index (χ2v) is 8.80. The third-order valence-corrected chi connectivity index (χ3v) is 6.35. The van der Waals surface area contributed by atoms with E-state index >= 15 is 0 Å². The van der Waals surface area contributed by atoms with Crippen LogP contribution in [0.15, 0.2) is 71.0 Å². The minimum absolute atomic E-state index is 0.192. The van der Waals surface area contributed by atoms with Gasteiger partial charge in [0.1, 0.15) is 18.4 Å². The number of methoxy groups -OCH3 is 1. The average molecular weight is 465 g/mol. The van der Waals surface area contributed by atoms with Gasteiger partial charge in [-0.25, -0.2) is 9.48 Å². The Morgan fingerprint density at radius 1 is 1.15 bits per heavy atom. The van der Waals surface area contributed by atoms with Crippen LogP contribution >= 0.6 is 11.8 Å². The maximum atomic E-state index is 13.4. The van der Waals surface area contributed by atoms with Crippen LogP contribution in [0.3, 0.4) is 0 Å². The predicted octanol–water partition coefficient (Wildman–Crippen LogP) is 5.21. The zero-order valence-corrected chi connectivity index (χ0v) is 19.9. The van der Waals surface area contributed by atoms with Crippen LogP contribution in [0.2, 0.25) is 0 Å². The highest BCUT2D eigenvalue weighted by molar-refractivity contribution is 7.99. The SMILES string of the molecule is CCCCSc1nc2n(n1)C(c1ccccc1OC)C(C(=O)OCc1ccccc1)=C(C)N2. The third kappa shape index (κ3) is 5.06. The molecule has 0 bridgehead atoms. The van der Waals surface area contributed by atoms with E-state index in [0.717, 1.165) is 29.7 Å². The van der Waals surface area contributed by atoms with E-state index in [4.69, 9.17) is 14.6 Å². The number of nitrogens with zero attached hydrogens (tertiary/aromatic N) is 3. The number of esters is 1. The van der Waals surface area contributed by atoms with Crippen molar-refractivity contribution < 1.29 is 14.3 Å². The van der Waals surface area contributed by atoms with E-state index < -0.39 is 12.0 Å². The number of para-hydroxylation sites is 1. The largest absolute Gasteiger partial charge is 0.496 e. The number of benzene rings is 2. The summed E-state index contributed by atoms with van der Waals surface area (Å²) >= 11 is 1.62. The monoisotopic (exact) mass is 464 g/mol. The van der Waals surface area contributed by atoms with Gasteiger partial charge >= 0.3 is 5.97 Å². The molecule has 0 saturated carbocycles. The van der Waals surface area contributed by atoms with Crippen molar-refractivity contribution in [2.75, 3.05) is 18.2 Å². The summed E-state index contributed by atoms with van der Waals surface area (Å²) in [4.78, 5) is 18.0.